The van der Waals surface area contributed by atoms with Gasteiger partial charge in [-0.15, -0.1) is 0 Å². The van der Waals surface area contributed by atoms with Gasteiger partial charge in [0.05, 0.1) is 18.7 Å². The smallest absolute Gasteiger partial charge is 0.299 e. The summed E-state index contributed by atoms with van der Waals surface area (Å²) in [4.78, 5) is 16.1. The van der Waals surface area contributed by atoms with Crippen LogP contribution in [0.4, 0.5) is 11.7 Å². The maximum absolute atomic E-state index is 12.2. The van der Waals surface area contributed by atoms with Crippen LogP contribution in [0.15, 0.2) is 50.6 Å². The first-order valence-electron chi connectivity index (χ1n) is 5.54. The van der Waals surface area contributed by atoms with Crippen LogP contribution in [0.1, 0.15) is 0 Å². The fraction of sp³-hybridized carbons (Fsp3) is 0.0769. The molecule has 3 rings (SSSR count). The SMILES string of the molecule is COc1ccc2c(=O)c(Nc3ncco3)coc2c1. The van der Waals surface area contributed by atoms with E-state index in [1.807, 2.05) is 0 Å². The van der Waals surface area contributed by atoms with E-state index >= 15 is 0 Å². The summed E-state index contributed by atoms with van der Waals surface area (Å²) in [5.74, 6) is 0.629. The van der Waals surface area contributed by atoms with Crippen molar-refractivity contribution in [1.82, 2.24) is 4.98 Å². The summed E-state index contributed by atoms with van der Waals surface area (Å²) in [6.45, 7) is 0. The van der Waals surface area contributed by atoms with Crippen molar-refractivity contribution in [3.05, 3.63) is 47.1 Å². The Morgan fingerprint density at radius 2 is 2.21 bits per heavy atom. The number of oxazole rings is 1. The molecule has 0 fully saturated rings. The van der Waals surface area contributed by atoms with E-state index < -0.39 is 0 Å². The van der Waals surface area contributed by atoms with Gasteiger partial charge in [-0.2, -0.15) is 0 Å². The van der Waals surface area contributed by atoms with Gasteiger partial charge in [0.1, 0.15) is 29.5 Å². The number of ether oxygens (including phenoxy) is 1. The van der Waals surface area contributed by atoms with Gasteiger partial charge in [-0.3, -0.25) is 4.79 Å². The Kier molecular flexibility index (Phi) is 2.68. The van der Waals surface area contributed by atoms with Crippen LogP contribution in [0, 0.1) is 0 Å². The molecule has 0 aliphatic heterocycles. The Morgan fingerprint density at radius 3 is 2.95 bits per heavy atom. The molecule has 1 N–H and O–H groups in total. The quantitative estimate of drug-likeness (QED) is 0.777. The lowest BCUT2D eigenvalue weighted by atomic mass is 10.2. The van der Waals surface area contributed by atoms with E-state index in [1.165, 1.54) is 18.7 Å². The van der Waals surface area contributed by atoms with E-state index in [-0.39, 0.29) is 17.1 Å². The highest BCUT2D eigenvalue weighted by Crippen LogP contribution is 2.21. The second kappa shape index (κ2) is 4.49. The summed E-state index contributed by atoms with van der Waals surface area (Å²) in [5.41, 5.74) is 0.532. The minimum atomic E-state index is -0.192. The first kappa shape index (κ1) is 11.3. The van der Waals surface area contributed by atoms with Crippen molar-refractivity contribution >= 4 is 22.7 Å². The molecule has 0 unspecified atom stereocenters. The predicted molar refractivity (Wildman–Crippen MR) is 68.8 cm³/mol. The maximum atomic E-state index is 12.2. The van der Waals surface area contributed by atoms with E-state index in [0.29, 0.717) is 16.7 Å². The molecule has 1 aromatic carbocycles. The standard InChI is InChI=1S/C13H10N2O4/c1-17-8-2-3-9-11(6-8)19-7-10(12(9)16)15-13-14-4-5-18-13/h2-7H,1H3,(H,14,15). The third-order valence-electron chi connectivity index (χ3n) is 2.66. The second-order valence-electron chi connectivity index (χ2n) is 3.80. The molecule has 96 valence electrons. The van der Waals surface area contributed by atoms with Gasteiger partial charge in [-0.05, 0) is 12.1 Å². The molecule has 2 aromatic heterocycles. The number of benzene rings is 1. The van der Waals surface area contributed by atoms with Crippen LogP contribution in [0.3, 0.4) is 0 Å². The van der Waals surface area contributed by atoms with Crippen molar-refractivity contribution in [2.45, 2.75) is 0 Å². The predicted octanol–water partition coefficient (Wildman–Crippen LogP) is 2.53. The van der Waals surface area contributed by atoms with E-state index in [9.17, 15) is 4.79 Å². The number of methoxy groups -OCH3 is 1. The van der Waals surface area contributed by atoms with Gasteiger partial charge in [0.25, 0.3) is 6.01 Å². The summed E-state index contributed by atoms with van der Waals surface area (Å²) < 4.78 is 15.5. The Bertz CT molecular complexity index is 762. The highest BCUT2D eigenvalue weighted by molar-refractivity contribution is 5.81. The lowest BCUT2D eigenvalue weighted by molar-refractivity contribution is 0.414. The van der Waals surface area contributed by atoms with Gasteiger partial charge < -0.3 is 18.9 Å². The molecular formula is C13H10N2O4. The summed E-state index contributed by atoms with van der Waals surface area (Å²) in [6, 6.07) is 5.25. The maximum Gasteiger partial charge on any atom is 0.299 e. The number of anilines is 2. The van der Waals surface area contributed by atoms with Crippen LogP contribution >= 0.6 is 0 Å². The Balaban J connectivity index is 2.08. The summed E-state index contributed by atoms with van der Waals surface area (Å²) in [5, 5.41) is 3.21. The molecule has 3 aromatic rings. The van der Waals surface area contributed by atoms with Gasteiger partial charge in [-0.1, -0.05) is 0 Å². The van der Waals surface area contributed by atoms with E-state index in [0.717, 1.165) is 0 Å². The highest BCUT2D eigenvalue weighted by Gasteiger charge is 2.09. The number of rotatable bonds is 3. The monoisotopic (exact) mass is 258 g/mol. The fourth-order valence-electron chi connectivity index (χ4n) is 1.72. The number of nitrogens with zero attached hydrogens (tertiary/aromatic N) is 1. The molecule has 0 bridgehead atoms. The summed E-state index contributed by atoms with van der Waals surface area (Å²) in [6.07, 6.45) is 4.22. The van der Waals surface area contributed by atoms with Gasteiger partial charge in [-0.25, -0.2) is 4.98 Å². The van der Waals surface area contributed by atoms with E-state index in [1.54, 1.807) is 25.3 Å². The van der Waals surface area contributed by atoms with Crippen LogP contribution in [0.2, 0.25) is 0 Å². The van der Waals surface area contributed by atoms with Gasteiger partial charge in [0, 0.05) is 6.07 Å². The van der Waals surface area contributed by atoms with Crippen molar-refractivity contribution in [2.75, 3.05) is 12.4 Å². The average molecular weight is 258 g/mol. The molecule has 0 saturated heterocycles. The minimum Gasteiger partial charge on any atom is -0.497 e. The van der Waals surface area contributed by atoms with Crippen molar-refractivity contribution in [2.24, 2.45) is 0 Å². The van der Waals surface area contributed by atoms with Gasteiger partial charge >= 0.3 is 0 Å². The molecule has 0 saturated carbocycles. The molecule has 6 heteroatoms. The zero-order valence-electron chi connectivity index (χ0n) is 10.0. The van der Waals surface area contributed by atoms with Crippen molar-refractivity contribution < 1.29 is 13.6 Å². The zero-order valence-corrected chi connectivity index (χ0v) is 10.0. The minimum absolute atomic E-state index is 0.192. The largest absolute Gasteiger partial charge is 0.497 e. The van der Waals surface area contributed by atoms with Crippen LogP contribution in [0.25, 0.3) is 11.0 Å². The molecule has 0 radical (unpaired) electrons. The lowest BCUT2D eigenvalue weighted by Crippen LogP contribution is -2.08. The Labute approximate surface area is 107 Å². The number of aromatic nitrogens is 1. The van der Waals surface area contributed by atoms with E-state index in [2.05, 4.69) is 10.3 Å². The van der Waals surface area contributed by atoms with Crippen LogP contribution in [-0.2, 0) is 0 Å². The number of hydrogen-bond donors (Lipinski definition) is 1. The number of fused-ring (bicyclic) bond motifs is 1. The average Bonchev–Trinajstić information content (AvgIpc) is 2.94. The first-order chi connectivity index (χ1) is 9.28. The van der Waals surface area contributed by atoms with Crippen LogP contribution in [0.5, 0.6) is 5.75 Å². The molecule has 19 heavy (non-hydrogen) atoms. The van der Waals surface area contributed by atoms with Crippen molar-refractivity contribution in [3.8, 4) is 5.75 Å². The number of nitrogens with one attached hydrogen (secondary N) is 1. The Morgan fingerprint density at radius 1 is 1.32 bits per heavy atom. The third kappa shape index (κ3) is 2.03. The normalized spacial score (nSPS) is 10.6. The highest BCUT2D eigenvalue weighted by atomic mass is 16.5. The molecule has 0 amide bonds. The van der Waals surface area contributed by atoms with Gasteiger partial charge in [0.2, 0.25) is 5.43 Å². The second-order valence-corrected chi connectivity index (χ2v) is 3.80. The van der Waals surface area contributed by atoms with Crippen LogP contribution < -0.4 is 15.5 Å². The zero-order chi connectivity index (χ0) is 13.2. The molecule has 0 spiro atoms. The van der Waals surface area contributed by atoms with Crippen LogP contribution in [-0.4, -0.2) is 12.1 Å². The molecule has 0 aliphatic rings. The van der Waals surface area contributed by atoms with Gasteiger partial charge in [0.15, 0.2) is 0 Å². The Hall–Kier alpha value is -2.76. The molecular weight excluding hydrogens is 248 g/mol. The topological polar surface area (TPSA) is 77.5 Å². The first-order valence-corrected chi connectivity index (χ1v) is 5.54. The summed E-state index contributed by atoms with van der Waals surface area (Å²) in [7, 11) is 1.55. The molecule has 0 atom stereocenters. The summed E-state index contributed by atoms with van der Waals surface area (Å²) >= 11 is 0. The van der Waals surface area contributed by atoms with Crippen molar-refractivity contribution in [1.29, 1.82) is 0 Å². The molecule has 2 heterocycles. The third-order valence-corrected chi connectivity index (χ3v) is 2.66. The molecule has 6 nitrogen and oxygen atoms in total. The molecule has 0 aliphatic carbocycles. The van der Waals surface area contributed by atoms with Crippen molar-refractivity contribution in [3.63, 3.8) is 0 Å². The number of hydrogen-bond acceptors (Lipinski definition) is 6. The lowest BCUT2D eigenvalue weighted by Gasteiger charge is -2.04. The fourth-order valence-corrected chi connectivity index (χ4v) is 1.72. The van der Waals surface area contributed by atoms with E-state index in [4.69, 9.17) is 13.6 Å².